The van der Waals surface area contributed by atoms with Crippen LogP contribution in [0.4, 0.5) is 5.95 Å². The smallest absolute Gasteiger partial charge is 0.227 e. The van der Waals surface area contributed by atoms with Crippen molar-refractivity contribution in [2.24, 2.45) is 0 Å². The molecule has 3 heterocycles. The highest BCUT2D eigenvalue weighted by atomic mass is 16.1. The van der Waals surface area contributed by atoms with Crippen molar-refractivity contribution in [3.63, 3.8) is 0 Å². The van der Waals surface area contributed by atoms with Gasteiger partial charge in [-0.15, -0.1) is 10.2 Å². The van der Waals surface area contributed by atoms with Crippen LogP contribution in [-0.2, 0) is 17.9 Å². The highest BCUT2D eigenvalue weighted by Gasteiger charge is 2.29. The topological polar surface area (TPSA) is 90.1 Å². The fraction of sp³-hybridized carbons (Fsp3) is 0.565. The largest absolute Gasteiger partial charge is 0.346 e. The highest BCUT2D eigenvalue weighted by molar-refractivity contribution is 5.78. The van der Waals surface area contributed by atoms with E-state index in [0.717, 1.165) is 43.3 Å². The summed E-state index contributed by atoms with van der Waals surface area (Å²) in [6, 6.07) is 9.73. The maximum absolute atomic E-state index is 11.8. The summed E-state index contributed by atoms with van der Waals surface area (Å²) in [6.07, 6.45) is 6.28. The Morgan fingerprint density at radius 2 is 1.94 bits per heavy atom. The van der Waals surface area contributed by atoms with Gasteiger partial charge < -0.3 is 15.1 Å². The highest BCUT2D eigenvalue weighted by Crippen LogP contribution is 2.26. The van der Waals surface area contributed by atoms with E-state index in [9.17, 15) is 4.79 Å². The number of amides is 1. The minimum Gasteiger partial charge on any atom is -0.346 e. The maximum Gasteiger partial charge on any atom is 0.227 e. The van der Waals surface area contributed by atoms with E-state index in [-0.39, 0.29) is 11.9 Å². The maximum atomic E-state index is 11.8. The number of likely N-dealkylation sites (tertiary alicyclic amines) is 1. The molecule has 1 atom stereocenters. The minimum atomic E-state index is -0.0629. The second kappa shape index (κ2) is 9.92. The Morgan fingerprint density at radius 1 is 1.16 bits per heavy atom. The minimum absolute atomic E-state index is 0.0629. The number of nitrogens with one attached hydrogen (secondary N) is 1. The van der Waals surface area contributed by atoms with Crippen molar-refractivity contribution >= 4 is 11.9 Å². The molecule has 0 bridgehead atoms. The number of piperidine rings is 1. The summed E-state index contributed by atoms with van der Waals surface area (Å²) in [7, 11) is 2.01. The van der Waals surface area contributed by atoms with Crippen molar-refractivity contribution in [3.8, 4) is 6.07 Å². The summed E-state index contributed by atoms with van der Waals surface area (Å²) in [5, 5.41) is 21.0. The predicted octanol–water partition coefficient (Wildman–Crippen LogP) is 2.61. The zero-order valence-corrected chi connectivity index (χ0v) is 18.3. The molecule has 1 aromatic heterocycles. The second-order valence-corrected chi connectivity index (χ2v) is 8.59. The molecule has 8 nitrogen and oxygen atoms in total. The van der Waals surface area contributed by atoms with E-state index < -0.39 is 0 Å². The number of benzene rings is 1. The molecule has 0 aliphatic carbocycles. The molecule has 1 unspecified atom stereocenters. The quantitative estimate of drug-likeness (QED) is 0.705. The molecule has 2 aliphatic rings. The number of aromatic nitrogens is 3. The van der Waals surface area contributed by atoms with E-state index in [1.165, 1.54) is 32.4 Å². The second-order valence-electron chi connectivity index (χ2n) is 8.59. The SMILES string of the molecule is CN(Cc1ccc(C#N)cc1)c1nnc(C2CCC(=O)N2)n1CCCN1CCCCC1. The lowest BCUT2D eigenvalue weighted by Gasteiger charge is -2.27. The molecule has 31 heavy (non-hydrogen) atoms. The van der Waals surface area contributed by atoms with E-state index >= 15 is 0 Å². The number of hydrogen-bond donors (Lipinski definition) is 1. The molecular formula is C23H31N7O. The Morgan fingerprint density at radius 3 is 2.61 bits per heavy atom. The summed E-state index contributed by atoms with van der Waals surface area (Å²) in [4.78, 5) is 16.4. The lowest BCUT2D eigenvalue weighted by atomic mass is 10.1. The number of nitrogens with zero attached hydrogens (tertiary/aromatic N) is 6. The Hall–Kier alpha value is -2.92. The number of carbonyl (C=O) groups is 1. The number of nitriles is 1. The monoisotopic (exact) mass is 421 g/mol. The van der Waals surface area contributed by atoms with Crippen LogP contribution in [0.1, 0.15) is 61.5 Å². The predicted molar refractivity (Wildman–Crippen MR) is 118 cm³/mol. The molecule has 2 fully saturated rings. The van der Waals surface area contributed by atoms with Crippen LogP contribution in [0.2, 0.25) is 0 Å². The Kier molecular flexibility index (Phi) is 6.82. The normalized spacial score (nSPS) is 19.2. The molecule has 2 aromatic rings. The van der Waals surface area contributed by atoms with E-state index in [0.29, 0.717) is 18.5 Å². The molecule has 8 heteroatoms. The molecular weight excluding hydrogens is 390 g/mol. The van der Waals surface area contributed by atoms with Crippen molar-refractivity contribution in [2.75, 3.05) is 31.6 Å². The van der Waals surface area contributed by atoms with Gasteiger partial charge in [0.15, 0.2) is 5.82 Å². The number of hydrogen-bond acceptors (Lipinski definition) is 6. The number of rotatable bonds is 8. The van der Waals surface area contributed by atoms with Gasteiger partial charge in [0.25, 0.3) is 0 Å². The van der Waals surface area contributed by atoms with Gasteiger partial charge in [-0.2, -0.15) is 5.26 Å². The summed E-state index contributed by atoms with van der Waals surface area (Å²) >= 11 is 0. The van der Waals surface area contributed by atoms with E-state index in [1.807, 2.05) is 31.3 Å². The third kappa shape index (κ3) is 5.23. The summed E-state index contributed by atoms with van der Waals surface area (Å²) in [5.74, 6) is 1.76. The molecule has 1 N–H and O–H groups in total. The lowest BCUT2D eigenvalue weighted by molar-refractivity contribution is -0.119. The lowest BCUT2D eigenvalue weighted by Crippen LogP contribution is -2.31. The first-order valence-corrected chi connectivity index (χ1v) is 11.3. The van der Waals surface area contributed by atoms with Gasteiger partial charge in [0.05, 0.1) is 17.7 Å². The van der Waals surface area contributed by atoms with Crippen LogP contribution in [-0.4, -0.2) is 52.3 Å². The summed E-state index contributed by atoms with van der Waals surface area (Å²) in [5.41, 5.74) is 1.77. The van der Waals surface area contributed by atoms with Crippen molar-refractivity contribution in [3.05, 3.63) is 41.2 Å². The third-order valence-electron chi connectivity index (χ3n) is 6.22. The molecule has 164 valence electrons. The van der Waals surface area contributed by atoms with Crippen LogP contribution in [0.3, 0.4) is 0 Å². The van der Waals surface area contributed by atoms with Crippen LogP contribution in [0, 0.1) is 11.3 Å². The van der Waals surface area contributed by atoms with Crippen LogP contribution >= 0.6 is 0 Å². The Labute approximate surface area is 183 Å². The summed E-state index contributed by atoms with van der Waals surface area (Å²) < 4.78 is 2.18. The van der Waals surface area contributed by atoms with Gasteiger partial charge in [-0.1, -0.05) is 18.6 Å². The molecule has 2 saturated heterocycles. The van der Waals surface area contributed by atoms with Gasteiger partial charge in [-0.05, 0) is 63.0 Å². The first-order valence-electron chi connectivity index (χ1n) is 11.3. The standard InChI is InChI=1S/C23H31N7O/c1-28(17-19-8-6-18(16-24)7-9-19)23-27-26-22(20-10-11-21(31)25-20)30(23)15-5-14-29-12-3-2-4-13-29/h6-9,20H,2-5,10-15,17H2,1H3,(H,25,31). The molecule has 1 aromatic carbocycles. The van der Waals surface area contributed by atoms with E-state index in [1.54, 1.807) is 0 Å². The first-order chi connectivity index (χ1) is 15.1. The summed E-state index contributed by atoms with van der Waals surface area (Å²) in [6.45, 7) is 4.97. The average Bonchev–Trinajstić information content (AvgIpc) is 3.41. The molecule has 0 spiro atoms. The van der Waals surface area contributed by atoms with Crippen LogP contribution in [0.25, 0.3) is 0 Å². The Balaban J connectivity index is 1.48. The fourth-order valence-corrected chi connectivity index (χ4v) is 4.53. The van der Waals surface area contributed by atoms with E-state index in [4.69, 9.17) is 5.26 Å². The van der Waals surface area contributed by atoms with Gasteiger partial charge in [0, 0.05) is 26.6 Å². The van der Waals surface area contributed by atoms with Crippen molar-refractivity contribution in [1.82, 2.24) is 25.0 Å². The van der Waals surface area contributed by atoms with Gasteiger partial charge in [0.1, 0.15) is 0 Å². The van der Waals surface area contributed by atoms with Gasteiger partial charge in [0.2, 0.25) is 11.9 Å². The zero-order chi connectivity index (χ0) is 21.6. The zero-order valence-electron chi connectivity index (χ0n) is 18.3. The fourth-order valence-electron chi connectivity index (χ4n) is 4.53. The van der Waals surface area contributed by atoms with Crippen LogP contribution in [0.5, 0.6) is 0 Å². The number of carbonyl (C=O) groups excluding carboxylic acids is 1. The molecule has 0 radical (unpaired) electrons. The third-order valence-corrected chi connectivity index (χ3v) is 6.22. The van der Waals surface area contributed by atoms with Crippen molar-refractivity contribution in [1.29, 1.82) is 5.26 Å². The van der Waals surface area contributed by atoms with Crippen molar-refractivity contribution < 1.29 is 4.79 Å². The molecule has 1 amide bonds. The van der Waals surface area contributed by atoms with E-state index in [2.05, 4.69) is 36.0 Å². The van der Waals surface area contributed by atoms with Crippen LogP contribution in [0.15, 0.2) is 24.3 Å². The first kappa shape index (κ1) is 21.3. The molecule has 2 aliphatic heterocycles. The number of anilines is 1. The average molecular weight is 422 g/mol. The van der Waals surface area contributed by atoms with Gasteiger partial charge in [-0.25, -0.2) is 0 Å². The van der Waals surface area contributed by atoms with Crippen molar-refractivity contribution in [2.45, 2.75) is 57.7 Å². The van der Waals surface area contributed by atoms with Crippen LogP contribution < -0.4 is 10.2 Å². The molecule has 4 rings (SSSR count). The molecule has 0 saturated carbocycles. The van der Waals surface area contributed by atoms with Gasteiger partial charge >= 0.3 is 0 Å². The van der Waals surface area contributed by atoms with Gasteiger partial charge in [-0.3, -0.25) is 9.36 Å². The Bertz CT molecular complexity index is 924.